The van der Waals surface area contributed by atoms with Gasteiger partial charge in [0.1, 0.15) is 18.6 Å². The van der Waals surface area contributed by atoms with Crippen LogP contribution < -0.4 is 4.74 Å². The lowest BCUT2D eigenvalue weighted by molar-refractivity contribution is -0.142. The van der Waals surface area contributed by atoms with Crippen molar-refractivity contribution in [2.75, 3.05) is 26.4 Å². The first kappa shape index (κ1) is 24.2. The van der Waals surface area contributed by atoms with E-state index in [2.05, 4.69) is 19.6 Å². The SMILES string of the molecule is Cc1cc(Oc2nccn3c(-c4conc4C(F)(F)F)cnc23)ccc1C(=O)OCCOCCO. The number of rotatable bonds is 9. The molecule has 0 unspecified atom stereocenters. The van der Waals surface area contributed by atoms with Crippen LogP contribution in [-0.2, 0) is 15.7 Å². The summed E-state index contributed by atoms with van der Waals surface area (Å²) in [6, 6.07) is 4.64. The topological polar surface area (TPSA) is 121 Å². The Morgan fingerprint density at radius 2 is 2.03 bits per heavy atom. The summed E-state index contributed by atoms with van der Waals surface area (Å²) in [6.45, 7) is 1.93. The number of carbonyl (C=O) groups is 1. The van der Waals surface area contributed by atoms with Crippen LogP contribution in [0.15, 0.2) is 47.6 Å². The molecule has 3 heterocycles. The number of ether oxygens (including phenoxy) is 3. The van der Waals surface area contributed by atoms with E-state index >= 15 is 0 Å². The quantitative estimate of drug-likeness (QED) is 0.276. The molecule has 35 heavy (non-hydrogen) atoms. The Morgan fingerprint density at radius 1 is 1.20 bits per heavy atom. The highest BCUT2D eigenvalue weighted by Crippen LogP contribution is 2.37. The van der Waals surface area contributed by atoms with Crippen LogP contribution in [0.2, 0.25) is 0 Å². The molecule has 0 aliphatic carbocycles. The minimum atomic E-state index is -4.70. The molecule has 184 valence electrons. The van der Waals surface area contributed by atoms with Crippen LogP contribution in [-0.4, -0.2) is 57.0 Å². The van der Waals surface area contributed by atoms with Crippen molar-refractivity contribution >= 4 is 11.6 Å². The van der Waals surface area contributed by atoms with Gasteiger partial charge in [-0.25, -0.2) is 14.8 Å². The highest BCUT2D eigenvalue weighted by Gasteiger charge is 2.38. The van der Waals surface area contributed by atoms with Crippen LogP contribution in [0.3, 0.4) is 0 Å². The zero-order valence-electron chi connectivity index (χ0n) is 18.3. The van der Waals surface area contributed by atoms with Crippen molar-refractivity contribution in [1.29, 1.82) is 0 Å². The van der Waals surface area contributed by atoms with Gasteiger partial charge in [-0.2, -0.15) is 13.2 Å². The summed E-state index contributed by atoms with van der Waals surface area (Å²) in [5, 5.41) is 11.7. The second-order valence-corrected chi connectivity index (χ2v) is 7.19. The van der Waals surface area contributed by atoms with Gasteiger partial charge in [0.15, 0.2) is 5.69 Å². The lowest BCUT2D eigenvalue weighted by Crippen LogP contribution is -2.13. The van der Waals surface area contributed by atoms with Crippen LogP contribution >= 0.6 is 0 Å². The zero-order chi connectivity index (χ0) is 25.0. The van der Waals surface area contributed by atoms with E-state index in [9.17, 15) is 18.0 Å². The van der Waals surface area contributed by atoms with Gasteiger partial charge in [0.2, 0.25) is 5.65 Å². The van der Waals surface area contributed by atoms with Crippen LogP contribution in [0.25, 0.3) is 16.9 Å². The predicted molar refractivity (Wildman–Crippen MR) is 113 cm³/mol. The second-order valence-electron chi connectivity index (χ2n) is 7.19. The fourth-order valence-electron chi connectivity index (χ4n) is 3.27. The van der Waals surface area contributed by atoms with Gasteiger partial charge in [-0.05, 0) is 30.7 Å². The molecule has 0 amide bonds. The molecule has 0 bridgehead atoms. The van der Waals surface area contributed by atoms with E-state index in [1.165, 1.54) is 35.1 Å². The Bertz CT molecular complexity index is 1330. The van der Waals surface area contributed by atoms with Gasteiger partial charge in [0.05, 0.1) is 42.8 Å². The molecule has 0 aliphatic heterocycles. The molecule has 0 saturated carbocycles. The molecule has 0 aliphatic rings. The number of alkyl halides is 3. The molecular weight excluding hydrogens is 473 g/mol. The minimum Gasteiger partial charge on any atom is -0.460 e. The number of aryl methyl sites for hydroxylation is 1. The first-order valence-corrected chi connectivity index (χ1v) is 10.3. The number of aliphatic hydroxyl groups excluding tert-OH is 1. The Labute approximate surface area is 195 Å². The third kappa shape index (κ3) is 5.25. The van der Waals surface area contributed by atoms with E-state index < -0.39 is 17.8 Å². The normalized spacial score (nSPS) is 11.7. The summed E-state index contributed by atoms with van der Waals surface area (Å²) in [6.07, 6.45) is 0.219. The van der Waals surface area contributed by atoms with E-state index in [4.69, 9.17) is 19.3 Å². The standard InChI is InChI=1S/C22H19F3N4O6/c1-13-10-14(2-3-15(13)21(31)33-9-8-32-7-6-30)35-20-19-27-11-17(29(19)5-4-26-20)16-12-34-28-18(16)22(23,24)25/h2-5,10-12,30H,6-9H2,1H3. The number of hydrogen-bond acceptors (Lipinski definition) is 9. The van der Waals surface area contributed by atoms with Crippen molar-refractivity contribution in [3.05, 3.63) is 59.9 Å². The molecule has 10 nitrogen and oxygen atoms in total. The first-order chi connectivity index (χ1) is 16.8. The summed E-state index contributed by atoms with van der Waals surface area (Å²) in [5.41, 5.74) is -0.293. The number of halogens is 3. The molecule has 13 heteroatoms. The summed E-state index contributed by atoms with van der Waals surface area (Å²) in [7, 11) is 0. The monoisotopic (exact) mass is 492 g/mol. The van der Waals surface area contributed by atoms with Gasteiger partial charge in [0, 0.05) is 12.4 Å². The van der Waals surface area contributed by atoms with Crippen molar-refractivity contribution < 1.29 is 41.8 Å². The maximum Gasteiger partial charge on any atom is 0.437 e. The smallest absolute Gasteiger partial charge is 0.437 e. The average Bonchev–Trinajstić information content (AvgIpc) is 3.46. The summed E-state index contributed by atoms with van der Waals surface area (Å²) >= 11 is 0. The summed E-state index contributed by atoms with van der Waals surface area (Å²) in [4.78, 5) is 20.6. The number of nitrogens with zero attached hydrogens (tertiary/aromatic N) is 4. The van der Waals surface area contributed by atoms with Crippen molar-refractivity contribution in [3.63, 3.8) is 0 Å². The Morgan fingerprint density at radius 3 is 2.77 bits per heavy atom. The zero-order valence-corrected chi connectivity index (χ0v) is 18.3. The van der Waals surface area contributed by atoms with Crippen molar-refractivity contribution in [1.82, 2.24) is 19.5 Å². The number of esters is 1. The summed E-state index contributed by atoms with van der Waals surface area (Å²) in [5.74, 6) is -0.176. The number of carbonyl (C=O) groups excluding carboxylic acids is 1. The molecule has 1 N–H and O–H groups in total. The van der Waals surface area contributed by atoms with Crippen molar-refractivity contribution in [3.8, 4) is 22.9 Å². The Kier molecular flexibility index (Phi) is 6.98. The van der Waals surface area contributed by atoms with Crippen molar-refractivity contribution in [2.45, 2.75) is 13.1 Å². The Balaban J connectivity index is 1.53. The van der Waals surface area contributed by atoms with E-state index in [1.54, 1.807) is 13.0 Å². The van der Waals surface area contributed by atoms with Crippen LogP contribution in [0.1, 0.15) is 21.6 Å². The number of benzene rings is 1. The number of aliphatic hydroxyl groups is 1. The lowest BCUT2D eigenvalue weighted by Gasteiger charge is -2.10. The first-order valence-electron chi connectivity index (χ1n) is 10.3. The molecule has 0 saturated heterocycles. The maximum absolute atomic E-state index is 13.2. The Hall–Kier alpha value is -3.97. The molecule has 4 aromatic rings. The largest absolute Gasteiger partial charge is 0.460 e. The van der Waals surface area contributed by atoms with E-state index in [1.807, 2.05) is 0 Å². The highest BCUT2D eigenvalue weighted by atomic mass is 19.4. The van der Waals surface area contributed by atoms with Crippen LogP contribution in [0.4, 0.5) is 13.2 Å². The molecule has 0 atom stereocenters. The molecule has 3 aromatic heterocycles. The van der Waals surface area contributed by atoms with Crippen LogP contribution in [0.5, 0.6) is 11.6 Å². The minimum absolute atomic E-state index is 0.0346. The summed E-state index contributed by atoms with van der Waals surface area (Å²) < 4.78 is 61.7. The molecule has 4 rings (SSSR count). The van der Waals surface area contributed by atoms with Crippen molar-refractivity contribution in [2.24, 2.45) is 0 Å². The number of fused-ring (bicyclic) bond motifs is 1. The van der Waals surface area contributed by atoms with E-state index in [0.717, 1.165) is 6.26 Å². The van der Waals surface area contributed by atoms with Gasteiger partial charge < -0.3 is 23.8 Å². The van der Waals surface area contributed by atoms with Gasteiger partial charge in [0.25, 0.3) is 5.88 Å². The fourth-order valence-corrected chi connectivity index (χ4v) is 3.27. The van der Waals surface area contributed by atoms with Crippen LogP contribution in [0, 0.1) is 6.92 Å². The number of imidazole rings is 1. The number of aromatic nitrogens is 4. The van der Waals surface area contributed by atoms with E-state index in [-0.39, 0.29) is 49.2 Å². The third-order valence-electron chi connectivity index (χ3n) is 4.84. The highest BCUT2D eigenvalue weighted by molar-refractivity contribution is 5.91. The second kappa shape index (κ2) is 10.1. The van der Waals surface area contributed by atoms with E-state index in [0.29, 0.717) is 16.9 Å². The molecule has 0 spiro atoms. The third-order valence-corrected chi connectivity index (χ3v) is 4.84. The average molecular weight is 492 g/mol. The molecule has 0 fully saturated rings. The lowest BCUT2D eigenvalue weighted by atomic mass is 10.1. The molecular formula is C22H19F3N4O6. The number of hydrogen-bond donors (Lipinski definition) is 1. The fraction of sp³-hybridized carbons (Fsp3) is 0.273. The molecule has 0 radical (unpaired) electrons. The molecule has 1 aromatic carbocycles. The van der Waals surface area contributed by atoms with Gasteiger partial charge in [-0.15, -0.1) is 0 Å². The van der Waals surface area contributed by atoms with Gasteiger partial charge in [-0.3, -0.25) is 4.40 Å². The van der Waals surface area contributed by atoms with Gasteiger partial charge in [-0.1, -0.05) is 5.16 Å². The van der Waals surface area contributed by atoms with Gasteiger partial charge >= 0.3 is 12.1 Å². The maximum atomic E-state index is 13.2. The predicted octanol–water partition coefficient (Wildman–Crippen LogP) is 3.67.